The van der Waals surface area contributed by atoms with Crippen LogP contribution in [0.1, 0.15) is 68.7 Å². The molecule has 0 aliphatic rings. The Balaban J connectivity index is -0.000000919. The van der Waals surface area contributed by atoms with Crippen LogP contribution in [0.5, 0.6) is 0 Å². The Hall–Kier alpha value is -1.76. The molecule has 0 atom stereocenters. The monoisotopic (exact) mass is 317 g/mol. The molecule has 0 rings (SSSR count). The largest absolute Gasteiger partial charge is 0.355 e. The van der Waals surface area contributed by atoms with Crippen molar-refractivity contribution in [3.8, 4) is 0 Å². The van der Waals surface area contributed by atoms with E-state index in [1.54, 1.807) is 0 Å². The van der Waals surface area contributed by atoms with Crippen molar-refractivity contribution in [2.75, 3.05) is 0 Å². The SMILES string of the molecule is C=C/C(NC(/C=C\C)=C(/C=C\C)CC)=C(C)\C=C/C.CC.CC. The number of hydrogen-bond acceptors (Lipinski definition) is 1. The van der Waals surface area contributed by atoms with Gasteiger partial charge in [0.25, 0.3) is 0 Å². The molecule has 0 aliphatic carbocycles. The van der Waals surface area contributed by atoms with E-state index in [9.17, 15) is 0 Å². The van der Waals surface area contributed by atoms with E-state index in [2.05, 4.69) is 50.0 Å². The molecule has 0 radical (unpaired) electrons. The fourth-order valence-corrected chi connectivity index (χ4v) is 1.79. The molecule has 0 spiro atoms. The van der Waals surface area contributed by atoms with Crippen molar-refractivity contribution in [1.29, 1.82) is 0 Å². The van der Waals surface area contributed by atoms with Gasteiger partial charge in [-0.1, -0.05) is 71.6 Å². The van der Waals surface area contributed by atoms with Crippen LogP contribution in [-0.4, -0.2) is 0 Å². The first kappa shape index (κ1) is 26.2. The van der Waals surface area contributed by atoms with Gasteiger partial charge >= 0.3 is 0 Å². The summed E-state index contributed by atoms with van der Waals surface area (Å²) in [7, 11) is 0. The minimum absolute atomic E-state index is 0.990. The van der Waals surface area contributed by atoms with Gasteiger partial charge in [-0.05, 0) is 57.4 Å². The topological polar surface area (TPSA) is 12.0 Å². The van der Waals surface area contributed by atoms with Gasteiger partial charge in [-0.2, -0.15) is 0 Å². The maximum Gasteiger partial charge on any atom is 0.0413 e. The third-order valence-corrected chi connectivity index (χ3v) is 2.74. The molecule has 23 heavy (non-hydrogen) atoms. The quantitative estimate of drug-likeness (QED) is 0.480. The number of nitrogens with one attached hydrogen (secondary N) is 1. The van der Waals surface area contributed by atoms with Crippen LogP contribution in [0.3, 0.4) is 0 Å². The number of allylic oxidation sites excluding steroid dienone is 9. The van der Waals surface area contributed by atoms with Gasteiger partial charge in [0.15, 0.2) is 0 Å². The Bertz CT molecular complexity index is 429. The van der Waals surface area contributed by atoms with Gasteiger partial charge in [0.1, 0.15) is 0 Å². The molecular formula is C22H39N. The first-order valence-corrected chi connectivity index (χ1v) is 8.86. The van der Waals surface area contributed by atoms with E-state index in [0.29, 0.717) is 0 Å². The molecule has 1 N–H and O–H groups in total. The summed E-state index contributed by atoms with van der Waals surface area (Å²) in [5, 5.41) is 3.48. The lowest BCUT2D eigenvalue weighted by Crippen LogP contribution is -2.13. The zero-order valence-electron chi connectivity index (χ0n) is 17.0. The Morgan fingerprint density at radius 2 is 1.30 bits per heavy atom. The highest BCUT2D eigenvalue weighted by atomic mass is 14.9. The first-order chi connectivity index (χ1) is 11.1. The Morgan fingerprint density at radius 1 is 0.826 bits per heavy atom. The van der Waals surface area contributed by atoms with Crippen LogP contribution in [0.4, 0.5) is 0 Å². The molecular weight excluding hydrogens is 278 g/mol. The van der Waals surface area contributed by atoms with Gasteiger partial charge in [-0.15, -0.1) is 0 Å². The summed E-state index contributed by atoms with van der Waals surface area (Å²) in [4.78, 5) is 0. The number of rotatable bonds is 7. The fourth-order valence-electron chi connectivity index (χ4n) is 1.79. The summed E-state index contributed by atoms with van der Waals surface area (Å²) >= 11 is 0. The van der Waals surface area contributed by atoms with Gasteiger partial charge in [-0.3, -0.25) is 0 Å². The predicted molar refractivity (Wildman–Crippen MR) is 110 cm³/mol. The molecule has 1 nitrogen and oxygen atoms in total. The van der Waals surface area contributed by atoms with E-state index in [1.807, 2.05) is 66.7 Å². The molecule has 0 fully saturated rings. The van der Waals surface area contributed by atoms with Crippen LogP contribution in [0.2, 0.25) is 0 Å². The average molecular weight is 318 g/mol. The van der Waals surface area contributed by atoms with Crippen LogP contribution < -0.4 is 5.32 Å². The third kappa shape index (κ3) is 12.5. The minimum Gasteiger partial charge on any atom is -0.355 e. The molecule has 0 aromatic heterocycles. The lowest BCUT2D eigenvalue weighted by molar-refractivity contribution is 0.974. The van der Waals surface area contributed by atoms with Crippen molar-refractivity contribution >= 4 is 0 Å². The second-order valence-corrected chi connectivity index (χ2v) is 4.22. The van der Waals surface area contributed by atoms with Crippen LogP contribution in [0.15, 0.2) is 71.7 Å². The summed E-state index contributed by atoms with van der Waals surface area (Å²) in [6.45, 7) is 22.2. The van der Waals surface area contributed by atoms with Crippen molar-refractivity contribution in [2.45, 2.75) is 68.7 Å². The molecule has 0 bridgehead atoms. The molecule has 132 valence electrons. The molecule has 0 saturated carbocycles. The minimum atomic E-state index is 0.990. The Morgan fingerprint density at radius 3 is 1.65 bits per heavy atom. The van der Waals surface area contributed by atoms with Crippen molar-refractivity contribution in [1.82, 2.24) is 5.32 Å². The zero-order chi connectivity index (χ0) is 18.7. The highest BCUT2D eigenvalue weighted by molar-refractivity contribution is 5.39. The van der Waals surface area contributed by atoms with E-state index in [0.717, 1.165) is 17.8 Å². The summed E-state index contributed by atoms with van der Waals surface area (Å²) in [6.07, 6.45) is 15.3. The van der Waals surface area contributed by atoms with Gasteiger partial charge in [-0.25, -0.2) is 0 Å². The second kappa shape index (κ2) is 20.2. The predicted octanol–water partition coefficient (Wildman–Crippen LogP) is 7.48. The van der Waals surface area contributed by atoms with Crippen molar-refractivity contribution in [3.63, 3.8) is 0 Å². The fraction of sp³-hybridized carbons (Fsp3) is 0.455. The third-order valence-electron chi connectivity index (χ3n) is 2.74. The molecule has 0 amide bonds. The van der Waals surface area contributed by atoms with Crippen molar-refractivity contribution in [3.05, 3.63) is 71.7 Å². The summed E-state index contributed by atoms with van der Waals surface area (Å²) in [6, 6.07) is 0. The molecule has 0 aliphatic heterocycles. The maximum absolute atomic E-state index is 3.89. The van der Waals surface area contributed by atoms with E-state index in [-0.39, 0.29) is 0 Å². The van der Waals surface area contributed by atoms with Crippen LogP contribution >= 0.6 is 0 Å². The standard InChI is InChI=1S/C18H27N.2C2H6/c1-7-12-15(6)17(11-5)19-18(14-9-3)16(10-4)13-8-2;2*1-2/h7-9,11-14,19H,5,10H2,1-4,6H3;2*1-2H3/b12-7-,13-8-,14-9-,17-15+,18-16+;;. The highest BCUT2D eigenvalue weighted by Gasteiger charge is 2.02. The van der Waals surface area contributed by atoms with Crippen LogP contribution in [0, 0.1) is 0 Å². The normalized spacial score (nSPS) is 12.9. The van der Waals surface area contributed by atoms with E-state index in [1.165, 1.54) is 11.1 Å². The molecule has 0 saturated heterocycles. The average Bonchev–Trinajstić information content (AvgIpc) is 2.60. The van der Waals surface area contributed by atoms with Gasteiger partial charge < -0.3 is 5.32 Å². The maximum atomic E-state index is 3.89. The van der Waals surface area contributed by atoms with Gasteiger partial charge in [0, 0.05) is 11.4 Å². The van der Waals surface area contributed by atoms with Crippen molar-refractivity contribution in [2.24, 2.45) is 0 Å². The van der Waals surface area contributed by atoms with Gasteiger partial charge in [0.05, 0.1) is 0 Å². The molecule has 1 heteroatoms. The van der Waals surface area contributed by atoms with Crippen LogP contribution in [0.25, 0.3) is 0 Å². The van der Waals surface area contributed by atoms with E-state index < -0.39 is 0 Å². The highest BCUT2D eigenvalue weighted by Crippen LogP contribution is 2.14. The van der Waals surface area contributed by atoms with Crippen molar-refractivity contribution < 1.29 is 0 Å². The number of hydrogen-bond donors (Lipinski definition) is 1. The van der Waals surface area contributed by atoms with Gasteiger partial charge in [0.2, 0.25) is 0 Å². The lowest BCUT2D eigenvalue weighted by atomic mass is 10.1. The van der Waals surface area contributed by atoms with E-state index >= 15 is 0 Å². The molecule has 0 heterocycles. The van der Waals surface area contributed by atoms with Crippen LogP contribution in [-0.2, 0) is 0 Å². The lowest BCUT2D eigenvalue weighted by Gasteiger charge is -2.14. The molecule has 0 unspecified atom stereocenters. The Kier molecular flexibility index (Phi) is 23.0. The van der Waals surface area contributed by atoms with E-state index in [4.69, 9.17) is 0 Å². The smallest absolute Gasteiger partial charge is 0.0413 e. The Labute approximate surface area is 146 Å². The summed E-state index contributed by atoms with van der Waals surface area (Å²) < 4.78 is 0. The second-order valence-electron chi connectivity index (χ2n) is 4.22. The molecule has 0 aromatic carbocycles. The summed E-state index contributed by atoms with van der Waals surface area (Å²) in [5.41, 5.74) is 4.63. The summed E-state index contributed by atoms with van der Waals surface area (Å²) in [5.74, 6) is 0. The first-order valence-electron chi connectivity index (χ1n) is 8.86. The zero-order valence-corrected chi connectivity index (χ0v) is 17.0. The molecule has 0 aromatic rings.